The maximum Gasteiger partial charge on any atom is 0.101 e. The molecule has 2 N–H and O–H groups in total. The van der Waals surface area contributed by atoms with Crippen LogP contribution in [0.25, 0.3) is 5.73 Å². The van der Waals surface area contributed by atoms with Crippen LogP contribution in [0, 0.1) is 44.1 Å². The molecule has 0 unspecified atom stereocenters. The molecule has 0 atom stereocenters. The summed E-state index contributed by atoms with van der Waals surface area (Å²) in [6.07, 6.45) is 0. The molecule has 0 fully saturated rings. The van der Waals surface area contributed by atoms with E-state index < -0.39 is 0 Å². The Morgan fingerprint density at radius 3 is 2.40 bits per heavy atom. The van der Waals surface area contributed by atoms with Gasteiger partial charge in [-0.25, -0.2) is 0 Å². The van der Waals surface area contributed by atoms with Crippen molar-refractivity contribution in [1.29, 1.82) is 0 Å². The molecule has 0 bridgehead atoms. The molecule has 10 heavy (non-hydrogen) atoms. The molecular formula is C6H5AcBrNO-. The second-order valence-electron chi connectivity index (χ2n) is 1.66. The number of halogens is 1. The van der Waals surface area contributed by atoms with E-state index in [-0.39, 0.29) is 55.5 Å². The maximum absolute atomic E-state index is 8.88. The van der Waals surface area contributed by atoms with Gasteiger partial charge in [0.2, 0.25) is 0 Å². The molecule has 1 aromatic carbocycles. The smallest absolute Gasteiger partial charge is 0.101 e. The first-order valence-electron chi connectivity index (χ1n) is 2.40. The van der Waals surface area contributed by atoms with Gasteiger partial charge in [0.05, 0.1) is 0 Å². The van der Waals surface area contributed by atoms with Crippen molar-refractivity contribution >= 4 is 21.6 Å². The van der Waals surface area contributed by atoms with E-state index in [1.165, 1.54) is 12.1 Å². The van der Waals surface area contributed by atoms with Crippen LogP contribution in [0.15, 0.2) is 22.7 Å². The Kier molecular flexibility index (Phi) is 4.93. The second-order valence-corrected chi connectivity index (χ2v) is 2.58. The number of phenols is 1. The van der Waals surface area contributed by atoms with Gasteiger partial charge in [-0.3, -0.25) is 0 Å². The maximum atomic E-state index is 8.88. The number of benzene rings is 1. The Hall–Kier alpha value is 0.742. The zero-order chi connectivity index (χ0) is 6.85. The number of hydrogen-bond donors (Lipinski definition) is 1. The van der Waals surface area contributed by atoms with Crippen molar-refractivity contribution in [1.82, 2.24) is 0 Å². The Morgan fingerprint density at radius 2 is 2.00 bits per heavy atom. The van der Waals surface area contributed by atoms with Gasteiger partial charge < -0.3 is 10.8 Å². The first-order valence-corrected chi connectivity index (χ1v) is 3.19. The van der Waals surface area contributed by atoms with Crippen LogP contribution in [0.3, 0.4) is 0 Å². The van der Waals surface area contributed by atoms with Crippen LogP contribution in [-0.2, 0) is 0 Å². The predicted molar refractivity (Wildman–Crippen MR) is 39.8 cm³/mol. The average molecular weight is 414 g/mol. The summed E-state index contributed by atoms with van der Waals surface area (Å²) < 4.78 is 0.788. The van der Waals surface area contributed by atoms with Crippen molar-refractivity contribution < 1.29 is 49.2 Å². The Morgan fingerprint density at radius 1 is 1.40 bits per heavy atom. The molecule has 0 aliphatic carbocycles. The molecule has 0 aliphatic heterocycles. The second kappa shape index (κ2) is 4.59. The number of phenolic OH excluding ortho intramolecular Hbond substituents is 1. The van der Waals surface area contributed by atoms with Gasteiger partial charge in [-0.1, -0.05) is 27.7 Å². The molecule has 2 nitrogen and oxygen atoms in total. The zero-order valence-corrected chi connectivity index (χ0v) is 11.5. The van der Waals surface area contributed by atoms with Crippen LogP contribution in [-0.4, -0.2) is 5.11 Å². The van der Waals surface area contributed by atoms with Gasteiger partial charge in [-0.15, -0.1) is 0 Å². The third kappa shape index (κ3) is 2.77. The molecule has 4 heteroatoms. The molecule has 0 saturated heterocycles. The van der Waals surface area contributed by atoms with E-state index in [1.54, 1.807) is 6.07 Å². The van der Waals surface area contributed by atoms with Crippen LogP contribution in [0.1, 0.15) is 0 Å². The van der Waals surface area contributed by atoms with E-state index in [0.29, 0.717) is 0 Å². The monoisotopic (exact) mass is 413 g/mol. The van der Waals surface area contributed by atoms with Gasteiger partial charge in [-0.05, 0) is 12.1 Å². The Balaban J connectivity index is 0.000000810. The van der Waals surface area contributed by atoms with E-state index in [1.807, 2.05) is 0 Å². The minimum absolute atomic E-state index is 0. The molecule has 1 rings (SSSR count). The normalized spacial score (nSPS) is 8.50. The number of hydrogen-bond acceptors (Lipinski definition) is 1. The first-order chi connectivity index (χ1) is 4.20. The third-order valence-corrected chi connectivity index (χ3v) is 1.45. The van der Waals surface area contributed by atoms with Crippen LogP contribution < -0.4 is 0 Å². The van der Waals surface area contributed by atoms with Gasteiger partial charge in [0.25, 0.3) is 0 Å². The van der Waals surface area contributed by atoms with Crippen LogP contribution in [0.4, 0.5) is 5.69 Å². The van der Waals surface area contributed by atoms with Crippen molar-refractivity contribution in [3.63, 3.8) is 0 Å². The number of rotatable bonds is 0. The van der Waals surface area contributed by atoms with E-state index in [0.717, 1.165) is 4.47 Å². The first kappa shape index (κ1) is 10.7. The van der Waals surface area contributed by atoms with Gasteiger partial charge in [0, 0.05) is 48.5 Å². The fraction of sp³-hybridized carbons (Fsp3) is 0. The SMILES string of the molecule is [Ac].[NH-]c1ccc(Br)cc1O. The van der Waals surface area contributed by atoms with Crippen LogP contribution in [0.2, 0.25) is 0 Å². The summed E-state index contributed by atoms with van der Waals surface area (Å²) in [4.78, 5) is 0. The molecule has 0 amide bonds. The topological polar surface area (TPSA) is 44.0 Å². The summed E-state index contributed by atoms with van der Waals surface area (Å²) >= 11 is 3.15. The van der Waals surface area contributed by atoms with E-state index in [4.69, 9.17) is 10.8 Å². The molecule has 0 aromatic heterocycles. The summed E-state index contributed by atoms with van der Waals surface area (Å²) in [6, 6.07) is 4.73. The fourth-order valence-electron chi connectivity index (χ4n) is 0.505. The minimum atomic E-state index is 0. The Labute approximate surface area is 103 Å². The average Bonchev–Trinajstić information content (AvgIpc) is 1.80. The molecule has 0 heterocycles. The summed E-state index contributed by atoms with van der Waals surface area (Å²) in [5.41, 5.74) is 7.20. The summed E-state index contributed by atoms with van der Waals surface area (Å²) in [6.45, 7) is 0. The predicted octanol–water partition coefficient (Wildman–Crippen LogP) is 2.84. The largest absolute Gasteiger partial charge is 0.696 e. The van der Waals surface area contributed by atoms with Crippen molar-refractivity contribution in [2.24, 2.45) is 0 Å². The quantitative estimate of drug-likeness (QED) is 0.653. The van der Waals surface area contributed by atoms with Gasteiger partial charge >= 0.3 is 0 Å². The molecule has 1 aromatic rings. The minimum Gasteiger partial charge on any atom is -0.696 e. The van der Waals surface area contributed by atoms with Crippen molar-refractivity contribution in [2.45, 2.75) is 0 Å². The summed E-state index contributed by atoms with van der Waals surface area (Å²) in [7, 11) is 0. The van der Waals surface area contributed by atoms with Gasteiger partial charge in [-0.2, -0.15) is 0 Å². The Bertz CT molecular complexity index is 229. The molecule has 0 aliphatic rings. The van der Waals surface area contributed by atoms with E-state index in [2.05, 4.69) is 15.9 Å². The fourth-order valence-corrected chi connectivity index (χ4v) is 0.854. The van der Waals surface area contributed by atoms with Crippen LogP contribution >= 0.6 is 15.9 Å². The molecule has 0 saturated carbocycles. The molecule has 1 radical (unpaired) electrons. The van der Waals surface area contributed by atoms with Crippen molar-refractivity contribution in [2.75, 3.05) is 0 Å². The standard InChI is InChI=1S/C6H5BrNO.Ac/c7-4-1-2-5(8)6(9)3-4;/h1-3,8-9H;/q-1;. The third-order valence-electron chi connectivity index (χ3n) is 0.960. The molecule has 0 spiro atoms. The number of nitrogens with one attached hydrogen (secondary N) is 1. The van der Waals surface area contributed by atoms with E-state index in [9.17, 15) is 0 Å². The van der Waals surface area contributed by atoms with Gasteiger partial charge in [0.1, 0.15) is 5.75 Å². The van der Waals surface area contributed by atoms with E-state index >= 15 is 0 Å². The van der Waals surface area contributed by atoms with Crippen LogP contribution in [0.5, 0.6) is 5.75 Å². The van der Waals surface area contributed by atoms with Gasteiger partial charge in [0.15, 0.2) is 0 Å². The zero-order valence-electron chi connectivity index (χ0n) is 5.13. The summed E-state index contributed by atoms with van der Waals surface area (Å²) in [5, 5.41) is 8.88. The summed E-state index contributed by atoms with van der Waals surface area (Å²) in [5.74, 6) is 0.00405. The molecule has 51 valence electrons. The van der Waals surface area contributed by atoms with Crippen molar-refractivity contribution in [3.8, 4) is 5.75 Å². The van der Waals surface area contributed by atoms with Crippen molar-refractivity contribution in [3.05, 3.63) is 28.4 Å². The number of aromatic hydroxyl groups is 1. The molecular weight excluding hydrogens is 409 g/mol.